The van der Waals surface area contributed by atoms with Crippen molar-refractivity contribution < 1.29 is 5.11 Å². The van der Waals surface area contributed by atoms with Gasteiger partial charge >= 0.3 is 0 Å². The fourth-order valence-corrected chi connectivity index (χ4v) is 2.32. The molecule has 1 heteroatoms. The van der Waals surface area contributed by atoms with Crippen molar-refractivity contribution in [2.24, 2.45) is 11.8 Å². The van der Waals surface area contributed by atoms with Gasteiger partial charge in [0, 0.05) is 6.61 Å². The Morgan fingerprint density at radius 3 is 1.88 bits per heavy atom. The van der Waals surface area contributed by atoms with Crippen LogP contribution in [0.3, 0.4) is 0 Å². The predicted octanol–water partition coefficient (Wildman–Crippen LogP) is 5.17. The molecule has 0 spiro atoms. The van der Waals surface area contributed by atoms with Crippen LogP contribution in [0.15, 0.2) is 0 Å². The Hall–Kier alpha value is -0.0400. The summed E-state index contributed by atoms with van der Waals surface area (Å²) in [5.41, 5.74) is 0. The molecule has 2 unspecified atom stereocenters. The average molecular weight is 242 g/mol. The van der Waals surface area contributed by atoms with Gasteiger partial charge in [-0.2, -0.15) is 0 Å². The van der Waals surface area contributed by atoms with E-state index in [9.17, 15) is 0 Å². The summed E-state index contributed by atoms with van der Waals surface area (Å²) in [6.07, 6.45) is 13.7. The molecule has 0 heterocycles. The summed E-state index contributed by atoms with van der Waals surface area (Å²) < 4.78 is 0. The lowest BCUT2D eigenvalue weighted by Crippen LogP contribution is -2.02. The molecule has 17 heavy (non-hydrogen) atoms. The van der Waals surface area contributed by atoms with Crippen molar-refractivity contribution in [3.05, 3.63) is 0 Å². The van der Waals surface area contributed by atoms with Gasteiger partial charge in [0.15, 0.2) is 0 Å². The van der Waals surface area contributed by atoms with E-state index < -0.39 is 0 Å². The molecule has 0 amide bonds. The molecule has 0 radical (unpaired) electrons. The predicted molar refractivity (Wildman–Crippen MR) is 77.3 cm³/mol. The molecule has 0 rings (SSSR count). The van der Waals surface area contributed by atoms with Crippen molar-refractivity contribution in [3.8, 4) is 0 Å². The molecule has 1 nitrogen and oxygen atoms in total. The number of hydrogen-bond donors (Lipinski definition) is 1. The van der Waals surface area contributed by atoms with Crippen molar-refractivity contribution in [2.75, 3.05) is 6.61 Å². The molecule has 104 valence electrons. The summed E-state index contributed by atoms with van der Waals surface area (Å²) in [4.78, 5) is 0. The molecule has 1 N–H and O–H groups in total. The van der Waals surface area contributed by atoms with Gasteiger partial charge in [-0.25, -0.2) is 0 Å². The monoisotopic (exact) mass is 242 g/mol. The molecule has 0 saturated heterocycles. The first-order chi connectivity index (χ1) is 8.20. The third-order valence-electron chi connectivity index (χ3n) is 3.76. The first-order valence-corrected chi connectivity index (χ1v) is 7.81. The second-order valence-electron chi connectivity index (χ2n) is 5.88. The Bertz CT molecular complexity index is 144. The summed E-state index contributed by atoms with van der Waals surface area (Å²) in [5, 5.41) is 8.94. The highest BCUT2D eigenvalue weighted by molar-refractivity contribution is 4.57. The highest BCUT2D eigenvalue weighted by Crippen LogP contribution is 2.18. The summed E-state index contributed by atoms with van der Waals surface area (Å²) in [6, 6.07) is 0. The Morgan fingerprint density at radius 2 is 1.24 bits per heavy atom. The fourth-order valence-electron chi connectivity index (χ4n) is 2.32. The molecule has 0 fully saturated rings. The van der Waals surface area contributed by atoms with Crippen LogP contribution >= 0.6 is 0 Å². The van der Waals surface area contributed by atoms with Crippen molar-refractivity contribution in [3.63, 3.8) is 0 Å². The molecular weight excluding hydrogens is 208 g/mol. The van der Waals surface area contributed by atoms with Crippen LogP contribution in [0.25, 0.3) is 0 Å². The van der Waals surface area contributed by atoms with Crippen LogP contribution in [0.2, 0.25) is 0 Å². The van der Waals surface area contributed by atoms with Gasteiger partial charge in [-0.15, -0.1) is 0 Å². The van der Waals surface area contributed by atoms with Gasteiger partial charge in [0.1, 0.15) is 0 Å². The fraction of sp³-hybridized carbons (Fsp3) is 1.00. The normalized spacial score (nSPS) is 14.8. The van der Waals surface area contributed by atoms with Gasteiger partial charge in [0.2, 0.25) is 0 Å². The number of rotatable bonds is 12. The van der Waals surface area contributed by atoms with Gasteiger partial charge < -0.3 is 5.11 Å². The quantitative estimate of drug-likeness (QED) is 0.468. The second-order valence-corrected chi connectivity index (χ2v) is 5.88. The number of unbranched alkanes of at least 4 members (excludes halogenated alkanes) is 5. The number of aliphatic hydroxyl groups is 1. The molecule has 0 bridgehead atoms. The third-order valence-corrected chi connectivity index (χ3v) is 3.76. The Kier molecular flexibility index (Phi) is 12.4. The zero-order valence-corrected chi connectivity index (χ0v) is 12.4. The van der Waals surface area contributed by atoms with E-state index in [0.29, 0.717) is 12.5 Å². The molecule has 0 aliphatic carbocycles. The van der Waals surface area contributed by atoms with E-state index in [1.54, 1.807) is 0 Å². The van der Waals surface area contributed by atoms with E-state index in [-0.39, 0.29) is 0 Å². The Labute approximate surface area is 109 Å². The largest absolute Gasteiger partial charge is 0.396 e. The van der Waals surface area contributed by atoms with Crippen LogP contribution in [0.5, 0.6) is 0 Å². The van der Waals surface area contributed by atoms with E-state index in [4.69, 9.17) is 5.11 Å². The standard InChI is InChI=1S/C16H34O/c1-4-5-6-7-8-9-11-15(2)12-10-13-16(3)14-17/h15-17H,4-14H2,1-3H3. The molecule has 0 aromatic carbocycles. The first-order valence-electron chi connectivity index (χ1n) is 7.81. The van der Waals surface area contributed by atoms with Gasteiger partial charge in [0.25, 0.3) is 0 Å². The minimum Gasteiger partial charge on any atom is -0.396 e. The van der Waals surface area contributed by atoms with Crippen LogP contribution < -0.4 is 0 Å². The van der Waals surface area contributed by atoms with Crippen molar-refractivity contribution in [1.82, 2.24) is 0 Å². The van der Waals surface area contributed by atoms with E-state index in [1.807, 2.05) is 0 Å². The molecule has 0 aliphatic heterocycles. The van der Waals surface area contributed by atoms with Crippen LogP contribution in [-0.4, -0.2) is 11.7 Å². The minimum atomic E-state index is 0.353. The van der Waals surface area contributed by atoms with E-state index in [1.165, 1.54) is 64.2 Å². The van der Waals surface area contributed by atoms with Crippen LogP contribution in [0.1, 0.15) is 85.0 Å². The van der Waals surface area contributed by atoms with Crippen molar-refractivity contribution in [2.45, 2.75) is 85.0 Å². The highest BCUT2D eigenvalue weighted by atomic mass is 16.3. The third kappa shape index (κ3) is 12.2. The first kappa shape index (κ1) is 17.0. The zero-order chi connectivity index (χ0) is 12.9. The summed E-state index contributed by atoms with van der Waals surface area (Å²) >= 11 is 0. The lowest BCUT2D eigenvalue weighted by atomic mass is 9.94. The van der Waals surface area contributed by atoms with Crippen molar-refractivity contribution in [1.29, 1.82) is 0 Å². The van der Waals surface area contributed by atoms with Gasteiger partial charge in [-0.1, -0.05) is 78.6 Å². The van der Waals surface area contributed by atoms with E-state index in [2.05, 4.69) is 20.8 Å². The maximum Gasteiger partial charge on any atom is 0.0456 e. The van der Waals surface area contributed by atoms with Crippen LogP contribution in [-0.2, 0) is 0 Å². The lowest BCUT2D eigenvalue weighted by Gasteiger charge is -2.12. The lowest BCUT2D eigenvalue weighted by molar-refractivity contribution is 0.225. The zero-order valence-electron chi connectivity index (χ0n) is 12.4. The number of aliphatic hydroxyl groups excluding tert-OH is 1. The van der Waals surface area contributed by atoms with Crippen LogP contribution in [0, 0.1) is 11.8 Å². The minimum absolute atomic E-state index is 0.353. The van der Waals surface area contributed by atoms with E-state index in [0.717, 1.165) is 5.92 Å². The molecule has 0 aromatic heterocycles. The summed E-state index contributed by atoms with van der Waals surface area (Å²) in [5.74, 6) is 1.38. The van der Waals surface area contributed by atoms with E-state index >= 15 is 0 Å². The van der Waals surface area contributed by atoms with Gasteiger partial charge in [0.05, 0.1) is 0 Å². The maximum atomic E-state index is 8.94. The topological polar surface area (TPSA) is 20.2 Å². The average Bonchev–Trinajstić information content (AvgIpc) is 2.33. The van der Waals surface area contributed by atoms with Crippen molar-refractivity contribution >= 4 is 0 Å². The summed E-state index contributed by atoms with van der Waals surface area (Å²) in [6.45, 7) is 7.15. The molecule has 0 saturated carbocycles. The Balaban J connectivity index is 3.20. The maximum absolute atomic E-state index is 8.94. The molecule has 0 aliphatic rings. The van der Waals surface area contributed by atoms with Gasteiger partial charge in [-0.3, -0.25) is 0 Å². The number of hydrogen-bond acceptors (Lipinski definition) is 1. The second kappa shape index (κ2) is 12.4. The molecular formula is C16H34O. The molecule has 0 aromatic rings. The highest BCUT2D eigenvalue weighted by Gasteiger charge is 2.04. The van der Waals surface area contributed by atoms with Gasteiger partial charge in [-0.05, 0) is 18.3 Å². The molecule has 2 atom stereocenters. The smallest absolute Gasteiger partial charge is 0.0456 e. The Morgan fingerprint density at radius 1 is 0.706 bits per heavy atom. The summed E-state index contributed by atoms with van der Waals surface area (Å²) in [7, 11) is 0. The van der Waals surface area contributed by atoms with Crippen LogP contribution in [0.4, 0.5) is 0 Å². The SMILES string of the molecule is CCCCCCCCC(C)CCCC(C)CO.